The number of ether oxygens (including phenoxy) is 1. The highest BCUT2D eigenvalue weighted by atomic mass is 35.5. The first-order valence-electron chi connectivity index (χ1n) is 6.43. The van der Waals surface area contributed by atoms with Gasteiger partial charge in [-0.25, -0.2) is 4.98 Å². The maximum Gasteiger partial charge on any atom is 0.266 e. The van der Waals surface area contributed by atoms with Crippen LogP contribution in [0.15, 0.2) is 30.6 Å². The van der Waals surface area contributed by atoms with Gasteiger partial charge in [-0.05, 0) is 38.1 Å². The maximum atomic E-state index is 12.5. The third kappa shape index (κ3) is 3.95. The molecule has 0 radical (unpaired) electrons. The smallest absolute Gasteiger partial charge is 0.266 e. The second kappa shape index (κ2) is 6.13. The maximum absolute atomic E-state index is 12.5. The number of halogens is 1. The van der Waals surface area contributed by atoms with E-state index >= 15 is 0 Å². The fraction of sp³-hybridized carbons (Fsp3) is 0.357. The number of hydrogen-bond donors (Lipinski definition) is 1. The molecular weight excluding hydrogens is 292 g/mol. The van der Waals surface area contributed by atoms with Crippen molar-refractivity contribution in [2.24, 2.45) is 0 Å². The third-order valence-corrected chi connectivity index (χ3v) is 3.15. The zero-order chi connectivity index (χ0) is 15.5. The van der Waals surface area contributed by atoms with E-state index in [1.165, 1.54) is 11.2 Å². The first kappa shape index (κ1) is 15.3. The van der Waals surface area contributed by atoms with Crippen LogP contribution in [-0.4, -0.2) is 38.6 Å². The van der Waals surface area contributed by atoms with Crippen molar-refractivity contribution in [1.82, 2.24) is 20.1 Å². The Hall–Kier alpha value is -2.08. The molecule has 0 fully saturated rings. The zero-order valence-corrected chi connectivity index (χ0v) is 12.9. The number of carbonyl (C=O) groups is 1. The van der Waals surface area contributed by atoms with E-state index in [1.807, 2.05) is 0 Å². The molecular formula is C14H17ClN4O2. The molecule has 0 aliphatic heterocycles. The Kier molecular flexibility index (Phi) is 4.47. The number of benzene rings is 1. The van der Waals surface area contributed by atoms with Crippen molar-refractivity contribution >= 4 is 17.5 Å². The van der Waals surface area contributed by atoms with Crippen LogP contribution in [0, 0.1) is 0 Å². The minimum absolute atomic E-state index is 0.158. The Morgan fingerprint density at radius 3 is 2.62 bits per heavy atom. The van der Waals surface area contributed by atoms with Gasteiger partial charge in [0, 0.05) is 12.1 Å². The summed E-state index contributed by atoms with van der Waals surface area (Å²) in [6.45, 7) is 3.79. The van der Waals surface area contributed by atoms with Gasteiger partial charge in [-0.3, -0.25) is 9.89 Å². The molecule has 1 aromatic carbocycles. The average Bonchev–Trinajstić information content (AvgIpc) is 2.93. The van der Waals surface area contributed by atoms with Gasteiger partial charge in [-0.1, -0.05) is 11.6 Å². The normalized spacial score (nSPS) is 11.2. The van der Waals surface area contributed by atoms with E-state index in [0.717, 1.165) is 0 Å². The summed E-state index contributed by atoms with van der Waals surface area (Å²) in [4.78, 5) is 18.0. The van der Waals surface area contributed by atoms with Crippen molar-refractivity contribution in [2.75, 3.05) is 7.05 Å². The summed E-state index contributed by atoms with van der Waals surface area (Å²) < 4.78 is 5.76. The molecule has 112 valence electrons. The van der Waals surface area contributed by atoms with Crippen LogP contribution >= 0.6 is 11.6 Å². The Labute approximate surface area is 128 Å². The van der Waals surface area contributed by atoms with Gasteiger partial charge in [0.1, 0.15) is 17.9 Å². The SMILES string of the molecule is CN(Cc1ncn[nH]1)C(=O)C(C)(C)Oc1ccc(Cl)cc1. The van der Waals surface area contributed by atoms with E-state index in [4.69, 9.17) is 16.3 Å². The van der Waals surface area contributed by atoms with Gasteiger partial charge in [-0.15, -0.1) is 0 Å². The van der Waals surface area contributed by atoms with Crippen LogP contribution in [0.25, 0.3) is 0 Å². The molecule has 0 saturated carbocycles. The van der Waals surface area contributed by atoms with Crippen LogP contribution in [-0.2, 0) is 11.3 Å². The summed E-state index contributed by atoms with van der Waals surface area (Å²) in [5.74, 6) is 1.05. The molecule has 0 aliphatic rings. The molecule has 1 heterocycles. The number of nitrogens with one attached hydrogen (secondary N) is 1. The van der Waals surface area contributed by atoms with Crippen molar-refractivity contribution in [3.63, 3.8) is 0 Å². The number of hydrogen-bond acceptors (Lipinski definition) is 4. The molecule has 0 aliphatic carbocycles. The molecule has 1 N–H and O–H groups in total. The van der Waals surface area contributed by atoms with Crippen molar-refractivity contribution in [3.05, 3.63) is 41.4 Å². The molecule has 0 atom stereocenters. The molecule has 2 rings (SSSR count). The summed E-state index contributed by atoms with van der Waals surface area (Å²) in [6, 6.07) is 6.90. The monoisotopic (exact) mass is 308 g/mol. The lowest BCUT2D eigenvalue weighted by molar-refractivity contribution is -0.144. The van der Waals surface area contributed by atoms with Gasteiger partial charge in [0.25, 0.3) is 5.91 Å². The lowest BCUT2D eigenvalue weighted by Gasteiger charge is -2.29. The molecule has 0 unspecified atom stereocenters. The quantitative estimate of drug-likeness (QED) is 0.920. The summed E-state index contributed by atoms with van der Waals surface area (Å²) in [7, 11) is 1.69. The van der Waals surface area contributed by atoms with Crippen LogP contribution in [0.2, 0.25) is 5.02 Å². The average molecular weight is 309 g/mol. The number of amides is 1. The predicted molar refractivity (Wildman–Crippen MR) is 79.0 cm³/mol. The zero-order valence-electron chi connectivity index (χ0n) is 12.1. The van der Waals surface area contributed by atoms with E-state index < -0.39 is 5.60 Å². The number of rotatable bonds is 5. The van der Waals surface area contributed by atoms with Crippen LogP contribution in [0.3, 0.4) is 0 Å². The highest BCUT2D eigenvalue weighted by Crippen LogP contribution is 2.22. The molecule has 2 aromatic rings. The highest BCUT2D eigenvalue weighted by Gasteiger charge is 2.33. The fourth-order valence-corrected chi connectivity index (χ4v) is 2.03. The topological polar surface area (TPSA) is 71.1 Å². The Morgan fingerprint density at radius 1 is 1.38 bits per heavy atom. The molecule has 0 saturated heterocycles. The Morgan fingerprint density at radius 2 is 2.05 bits per heavy atom. The van der Waals surface area contributed by atoms with Crippen LogP contribution in [0.1, 0.15) is 19.7 Å². The first-order chi connectivity index (χ1) is 9.88. The van der Waals surface area contributed by atoms with Gasteiger partial charge < -0.3 is 9.64 Å². The van der Waals surface area contributed by atoms with Crippen LogP contribution < -0.4 is 4.74 Å². The predicted octanol–water partition coefficient (Wildman–Crippen LogP) is 2.27. The summed E-state index contributed by atoms with van der Waals surface area (Å²) in [6.07, 6.45) is 1.41. The minimum Gasteiger partial charge on any atom is -0.478 e. The minimum atomic E-state index is -0.997. The molecule has 7 heteroatoms. The van der Waals surface area contributed by atoms with Crippen molar-refractivity contribution in [3.8, 4) is 5.75 Å². The summed E-state index contributed by atoms with van der Waals surface area (Å²) in [5.41, 5.74) is -0.997. The Bertz CT molecular complexity index is 596. The highest BCUT2D eigenvalue weighted by molar-refractivity contribution is 6.30. The van der Waals surface area contributed by atoms with E-state index in [1.54, 1.807) is 45.2 Å². The van der Waals surface area contributed by atoms with Gasteiger partial charge in [0.2, 0.25) is 0 Å². The van der Waals surface area contributed by atoms with Crippen LogP contribution in [0.5, 0.6) is 5.75 Å². The van der Waals surface area contributed by atoms with E-state index in [-0.39, 0.29) is 5.91 Å². The van der Waals surface area contributed by atoms with E-state index in [0.29, 0.717) is 23.1 Å². The van der Waals surface area contributed by atoms with Crippen molar-refractivity contribution in [1.29, 1.82) is 0 Å². The van der Waals surface area contributed by atoms with E-state index in [2.05, 4.69) is 15.2 Å². The number of aromatic nitrogens is 3. The van der Waals surface area contributed by atoms with E-state index in [9.17, 15) is 4.79 Å². The second-order valence-corrected chi connectivity index (χ2v) is 5.60. The van der Waals surface area contributed by atoms with Gasteiger partial charge >= 0.3 is 0 Å². The number of H-pyrrole nitrogens is 1. The standard InChI is InChI=1S/C14H17ClN4O2/c1-14(2,21-11-6-4-10(15)5-7-11)13(20)19(3)8-12-16-9-17-18-12/h4-7,9H,8H2,1-3H3,(H,16,17,18). The molecule has 0 bridgehead atoms. The molecule has 21 heavy (non-hydrogen) atoms. The molecule has 1 amide bonds. The lowest BCUT2D eigenvalue weighted by atomic mass is 10.1. The van der Waals surface area contributed by atoms with Gasteiger partial charge in [-0.2, -0.15) is 5.10 Å². The molecule has 1 aromatic heterocycles. The van der Waals surface area contributed by atoms with Gasteiger partial charge in [0.05, 0.1) is 6.54 Å². The number of nitrogens with zero attached hydrogens (tertiary/aromatic N) is 3. The summed E-state index contributed by atoms with van der Waals surface area (Å²) >= 11 is 5.83. The molecule has 6 nitrogen and oxygen atoms in total. The number of aromatic amines is 1. The lowest BCUT2D eigenvalue weighted by Crippen LogP contribution is -2.47. The van der Waals surface area contributed by atoms with Crippen molar-refractivity contribution < 1.29 is 9.53 Å². The number of carbonyl (C=O) groups excluding carboxylic acids is 1. The number of likely N-dealkylation sites (N-methyl/N-ethyl adjacent to an activating group) is 1. The van der Waals surface area contributed by atoms with Crippen molar-refractivity contribution in [2.45, 2.75) is 26.0 Å². The first-order valence-corrected chi connectivity index (χ1v) is 6.80. The fourth-order valence-electron chi connectivity index (χ4n) is 1.90. The Balaban J connectivity index is 2.03. The second-order valence-electron chi connectivity index (χ2n) is 5.16. The van der Waals surface area contributed by atoms with Gasteiger partial charge in [0.15, 0.2) is 5.60 Å². The van der Waals surface area contributed by atoms with Crippen LogP contribution in [0.4, 0.5) is 0 Å². The molecule has 0 spiro atoms. The third-order valence-electron chi connectivity index (χ3n) is 2.90. The summed E-state index contributed by atoms with van der Waals surface area (Å²) in [5, 5.41) is 7.09. The largest absolute Gasteiger partial charge is 0.478 e.